The minimum atomic E-state index is -0.258. The average Bonchev–Trinajstić information content (AvgIpc) is 2.43. The van der Waals surface area contributed by atoms with Gasteiger partial charge in [0.2, 0.25) is 0 Å². The molecular formula is C6H7N3S. The first-order valence-corrected chi connectivity index (χ1v) is 3.63. The quantitative estimate of drug-likeness (QED) is 0.364. The van der Waals surface area contributed by atoms with E-state index in [1.165, 1.54) is 11.3 Å². The van der Waals surface area contributed by atoms with Crippen molar-refractivity contribution in [2.45, 2.75) is 6.04 Å². The normalized spacial score (nSPS) is 12.4. The maximum atomic E-state index is 5.15. The molecule has 0 saturated carbocycles. The number of nitrogens with two attached hydrogens (primary N) is 1. The second-order valence-corrected chi connectivity index (χ2v) is 2.40. The Morgan fingerprint density at radius 3 is 3.10 bits per heavy atom. The standard InChI is InChI=1S/C6H7N3S/c1-2-5(9-7)6-3-10-4-8-6/h1,3-5,9H,7H2. The van der Waals surface area contributed by atoms with Gasteiger partial charge in [0.25, 0.3) is 0 Å². The third kappa shape index (κ3) is 1.33. The second-order valence-electron chi connectivity index (χ2n) is 1.68. The zero-order valence-electron chi connectivity index (χ0n) is 5.24. The highest BCUT2D eigenvalue weighted by molar-refractivity contribution is 7.07. The Labute approximate surface area is 63.2 Å². The first-order chi connectivity index (χ1) is 4.88. The van der Waals surface area contributed by atoms with Crippen LogP contribution in [0.1, 0.15) is 11.7 Å². The van der Waals surface area contributed by atoms with E-state index >= 15 is 0 Å². The largest absolute Gasteiger partial charge is 0.270 e. The van der Waals surface area contributed by atoms with Crippen molar-refractivity contribution >= 4 is 11.3 Å². The van der Waals surface area contributed by atoms with Crippen molar-refractivity contribution in [3.8, 4) is 12.3 Å². The van der Waals surface area contributed by atoms with Crippen LogP contribution in [-0.4, -0.2) is 4.98 Å². The molecule has 4 heteroatoms. The van der Waals surface area contributed by atoms with E-state index < -0.39 is 0 Å². The Morgan fingerprint density at radius 1 is 1.90 bits per heavy atom. The van der Waals surface area contributed by atoms with Crippen LogP contribution in [0.15, 0.2) is 10.9 Å². The molecule has 0 aromatic carbocycles. The number of hydrogen-bond acceptors (Lipinski definition) is 4. The smallest absolute Gasteiger partial charge is 0.124 e. The number of nitrogens with one attached hydrogen (secondary N) is 1. The van der Waals surface area contributed by atoms with Crippen molar-refractivity contribution in [2.24, 2.45) is 5.84 Å². The molecule has 0 aliphatic carbocycles. The fourth-order valence-electron chi connectivity index (χ4n) is 0.583. The van der Waals surface area contributed by atoms with E-state index in [1.807, 2.05) is 5.38 Å². The molecule has 1 unspecified atom stereocenters. The highest BCUT2D eigenvalue weighted by Gasteiger charge is 2.05. The zero-order valence-corrected chi connectivity index (χ0v) is 6.06. The van der Waals surface area contributed by atoms with Crippen LogP contribution in [0.4, 0.5) is 0 Å². The second kappa shape index (κ2) is 3.32. The van der Waals surface area contributed by atoms with Gasteiger partial charge in [0.1, 0.15) is 6.04 Å². The summed E-state index contributed by atoms with van der Waals surface area (Å²) in [6, 6.07) is -0.258. The van der Waals surface area contributed by atoms with Crippen LogP contribution < -0.4 is 11.3 Å². The van der Waals surface area contributed by atoms with Crippen molar-refractivity contribution in [1.82, 2.24) is 10.4 Å². The van der Waals surface area contributed by atoms with Crippen LogP contribution >= 0.6 is 11.3 Å². The molecule has 1 heterocycles. The summed E-state index contributed by atoms with van der Waals surface area (Å²) in [5.74, 6) is 7.61. The molecule has 0 fully saturated rings. The number of hydrogen-bond donors (Lipinski definition) is 2. The number of hydrazine groups is 1. The Morgan fingerprint density at radius 2 is 2.70 bits per heavy atom. The van der Waals surface area contributed by atoms with Crippen molar-refractivity contribution in [2.75, 3.05) is 0 Å². The molecule has 1 aromatic heterocycles. The molecule has 1 aromatic rings. The van der Waals surface area contributed by atoms with E-state index in [0.717, 1.165) is 5.69 Å². The third-order valence-electron chi connectivity index (χ3n) is 1.08. The van der Waals surface area contributed by atoms with E-state index in [-0.39, 0.29) is 6.04 Å². The van der Waals surface area contributed by atoms with Crippen LogP contribution in [0.3, 0.4) is 0 Å². The van der Waals surface area contributed by atoms with E-state index in [2.05, 4.69) is 16.3 Å². The summed E-state index contributed by atoms with van der Waals surface area (Å²) in [5.41, 5.74) is 4.98. The Bertz CT molecular complexity index is 224. The van der Waals surface area contributed by atoms with Crippen LogP contribution in [0, 0.1) is 12.3 Å². The van der Waals surface area contributed by atoms with E-state index in [0.29, 0.717) is 0 Å². The summed E-state index contributed by atoms with van der Waals surface area (Å²) < 4.78 is 0. The Kier molecular flexibility index (Phi) is 2.40. The molecule has 52 valence electrons. The molecular weight excluding hydrogens is 146 g/mol. The predicted octanol–water partition coefficient (Wildman–Crippen LogP) is 0.281. The third-order valence-corrected chi connectivity index (χ3v) is 1.69. The fraction of sp³-hybridized carbons (Fsp3) is 0.167. The molecule has 3 N–H and O–H groups in total. The van der Waals surface area contributed by atoms with Gasteiger partial charge in [-0.2, -0.15) is 0 Å². The van der Waals surface area contributed by atoms with E-state index in [9.17, 15) is 0 Å². The number of rotatable bonds is 2. The van der Waals surface area contributed by atoms with Crippen LogP contribution in [0.25, 0.3) is 0 Å². The molecule has 3 nitrogen and oxygen atoms in total. The van der Waals surface area contributed by atoms with Crippen LogP contribution in [0.5, 0.6) is 0 Å². The molecule has 0 aliphatic heterocycles. The maximum absolute atomic E-state index is 5.15. The fourth-order valence-corrected chi connectivity index (χ4v) is 1.16. The van der Waals surface area contributed by atoms with Gasteiger partial charge in [0, 0.05) is 5.38 Å². The molecule has 0 bridgehead atoms. The first-order valence-electron chi connectivity index (χ1n) is 2.69. The topological polar surface area (TPSA) is 50.9 Å². The molecule has 0 saturated heterocycles. The Hall–Kier alpha value is -0.890. The summed E-state index contributed by atoms with van der Waals surface area (Å²) in [5, 5.41) is 1.87. The summed E-state index contributed by atoms with van der Waals surface area (Å²) in [4.78, 5) is 3.99. The lowest BCUT2D eigenvalue weighted by Crippen LogP contribution is -2.26. The van der Waals surface area contributed by atoms with E-state index in [4.69, 9.17) is 12.3 Å². The predicted molar refractivity (Wildman–Crippen MR) is 41.0 cm³/mol. The number of thiazole rings is 1. The minimum absolute atomic E-state index is 0.258. The molecule has 1 atom stereocenters. The Balaban J connectivity index is 2.76. The lowest BCUT2D eigenvalue weighted by atomic mass is 10.2. The monoisotopic (exact) mass is 153 g/mol. The molecule has 10 heavy (non-hydrogen) atoms. The zero-order chi connectivity index (χ0) is 7.40. The highest BCUT2D eigenvalue weighted by atomic mass is 32.1. The lowest BCUT2D eigenvalue weighted by Gasteiger charge is -2.03. The van der Waals surface area contributed by atoms with Gasteiger partial charge in [-0.15, -0.1) is 17.8 Å². The van der Waals surface area contributed by atoms with Crippen molar-refractivity contribution < 1.29 is 0 Å². The van der Waals surface area contributed by atoms with Gasteiger partial charge in [-0.1, -0.05) is 5.92 Å². The van der Waals surface area contributed by atoms with Gasteiger partial charge >= 0.3 is 0 Å². The number of nitrogens with zero attached hydrogens (tertiary/aromatic N) is 1. The van der Waals surface area contributed by atoms with Crippen molar-refractivity contribution in [3.05, 3.63) is 16.6 Å². The van der Waals surface area contributed by atoms with Gasteiger partial charge in [0.05, 0.1) is 11.2 Å². The van der Waals surface area contributed by atoms with Crippen LogP contribution in [0.2, 0.25) is 0 Å². The van der Waals surface area contributed by atoms with Gasteiger partial charge in [-0.05, 0) is 0 Å². The number of terminal acetylenes is 1. The summed E-state index contributed by atoms with van der Waals surface area (Å²) in [6.45, 7) is 0. The van der Waals surface area contributed by atoms with Gasteiger partial charge < -0.3 is 0 Å². The van der Waals surface area contributed by atoms with Crippen LogP contribution in [-0.2, 0) is 0 Å². The molecule has 0 radical (unpaired) electrons. The molecule has 1 rings (SSSR count). The molecule has 0 aliphatic rings. The highest BCUT2D eigenvalue weighted by Crippen LogP contribution is 2.09. The van der Waals surface area contributed by atoms with Gasteiger partial charge in [-0.3, -0.25) is 5.84 Å². The van der Waals surface area contributed by atoms with Crippen molar-refractivity contribution in [1.29, 1.82) is 0 Å². The van der Waals surface area contributed by atoms with Crippen molar-refractivity contribution in [3.63, 3.8) is 0 Å². The first kappa shape index (κ1) is 7.22. The average molecular weight is 153 g/mol. The number of aromatic nitrogens is 1. The minimum Gasteiger partial charge on any atom is -0.270 e. The van der Waals surface area contributed by atoms with Gasteiger partial charge in [0.15, 0.2) is 0 Å². The lowest BCUT2D eigenvalue weighted by molar-refractivity contribution is 0.660. The summed E-state index contributed by atoms with van der Waals surface area (Å²) in [7, 11) is 0. The molecule has 0 amide bonds. The molecule has 0 spiro atoms. The maximum Gasteiger partial charge on any atom is 0.124 e. The van der Waals surface area contributed by atoms with Gasteiger partial charge in [-0.25, -0.2) is 10.4 Å². The SMILES string of the molecule is C#CC(NN)c1cscn1. The summed E-state index contributed by atoms with van der Waals surface area (Å²) in [6.07, 6.45) is 5.15. The summed E-state index contributed by atoms with van der Waals surface area (Å²) >= 11 is 1.50. The van der Waals surface area contributed by atoms with E-state index in [1.54, 1.807) is 5.51 Å².